The fourth-order valence-corrected chi connectivity index (χ4v) is 4.03. The molecule has 0 heterocycles. The highest BCUT2D eigenvalue weighted by Crippen LogP contribution is 2.38. The second kappa shape index (κ2) is 16.0. The van der Waals surface area contributed by atoms with E-state index >= 15 is 0 Å². The van der Waals surface area contributed by atoms with E-state index in [9.17, 15) is 4.79 Å². The maximum Gasteiger partial charge on any atom is 0.338 e. The van der Waals surface area contributed by atoms with Crippen LogP contribution in [-0.4, -0.2) is 72.2 Å². The van der Waals surface area contributed by atoms with Crippen LogP contribution in [0.15, 0.2) is 30.3 Å². The van der Waals surface area contributed by atoms with Gasteiger partial charge in [0.05, 0.1) is 47.7 Å². The SMILES string of the molecule is CCN(CCCCOC(=O)c1cc(OC)c(OC)c(OC)c1)C(C)Cc1ccc(OC)c(OC)c1.Cl. The summed E-state index contributed by atoms with van der Waals surface area (Å²) in [6.45, 7) is 6.60. The molecule has 0 saturated heterocycles. The molecule has 0 saturated carbocycles. The Balaban J connectivity index is 0.00000648. The number of nitrogens with zero attached hydrogens (tertiary/aromatic N) is 1. The molecule has 0 spiro atoms. The van der Waals surface area contributed by atoms with Crippen LogP contribution in [0.25, 0.3) is 0 Å². The van der Waals surface area contributed by atoms with Crippen LogP contribution in [0.2, 0.25) is 0 Å². The molecule has 0 aliphatic rings. The van der Waals surface area contributed by atoms with Crippen LogP contribution in [0.3, 0.4) is 0 Å². The van der Waals surface area contributed by atoms with Crippen LogP contribution in [0, 0.1) is 0 Å². The number of halogens is 1. The Hall–Kier alpha value is -2.84. The highest BCUT2D eigenvalue weighted by atomic mass is 35.5. The minimum absolute atomic E-state index is 0. The van der Waals surface area contributed by atoms with Crippen molar-refractivity contribution in [3.8, 4) is 28.7 Å². The zero-order valence-corrected chi connectivity index (χ0v) is 23.2. The van der Waals surface area contributed by atoms with E-state index in [0.29, 0.717) is 35.5 Å². The molecule has 1 unspecified atom stereocenters. The number of likely N-dealkylation sites (N-methyl/N-ethyl adjacent to an activating group) is 1. The maximum absolute atomic E-state index is 12.5. The van der Waals surface area contributed by atoms with Gasteiger partial charge in [0.25, 0.3) is 0 Å². The number of unbranched alkanes of at least 4 members (excludes halogenated alkanes) is 1. The lowest BCUT2D eigenvalue weighted by Crippen LogP contribution is -2.35. The molecule has 2 aromatic rings. The molecule has 0 radical (unpaired) electrons. The quantitative estimate of drug-likeness (QED) is 0.236. The van der Waals surface area contributed by atoms with Gasteiger partial charge in [-0.3, -0.25) is 0 Å². The normalized spacial score (nSPS) is 11.3. The molecular formula is C27H40ClNO7. The van der Waals surface area contributed by atoms with E-state index < -0.39 is 5.97 Å². The Morgan fingerprint density at radius 1 is 0.833 bits per heavy atom. The van der Waals surface area contributed by atoms with Gasteiger partial charge >= 0.3 is 5.97 Å². The fourth-order valence-electron chi connectivity index (χ4n) is 4.03. The van der Waals surface area contributed by atoms with Crippen LogP contribution in [0.5, 0.6) is 28.7 Å². The Labute approximate surface area is 221 Å². The van der Waals surface area contributed by atoms with E-state index in [1.807, 2.05) is 12.1 Å². The van der Waals surface area contributed by atoms with Gasteiger partial charge in [0.15, 0.2) is 23.0 Å². The fraction of sp³-hybridized carbons (Fsp3) is 0.519. The third-order valence-corrected chi connectivity index (χ3v) is 5.98. The standard InChI is InChI=1S/C27H39NO7.ClH/c1-8-28(19(2)15-20-11-12-22(30-3)23(16-20)31-4)13-9-10-14-35-27(29)21-17-24(32-5)26(34-7)25(18-21)33-6;/h11-12,16-19H,8-10,13-15H2,1-7H3;1H. The van der Waals surface area contributed by atoms with Gasteiger partial charge < -0.3 is 33.3 Å². The number of carbonyl (C=O) groups is 1. The average Bonchev–Trinajstić information content (AvgIpc) is 2.89. The number of ether oxygens (including phenoxy) is 6. The molecule has 0 aliphatic carbocycles. The number of methoxy groups -OCH3 is 5. The second-order valence-electron chi connectivity index (χ2n) is 8.13. The molecule has 2 rings (SSSR count). The number of carbonyl (C=O) groups excluding carboxylic acids is 1. The number of rotatable bonds is 15. The van der Waals surface area contributed by atoms with Gasteiger partial charge in [-0.05, 0) is 69.1 Å². The highest BCUT2D eigenvalue weighted by Gasteiger charge is 2.18. The van der Waals surface area contributed by atoms with Crippen LogP contribution < -0.4 is 23.7 Å². The van der Waals surface area contributed by atoms with Crippen LogP contribution in [0.1, 0.15) is 42.6 Å². The van der Waals surface area contributed by atoms with Gasteiger partial charge in [0.2, 0.25) is 5.75 Å². The second-order valence-corrected chi connectivity index (χ2v) is 8.13. The van der Waals surface area contributed by atoms with Gasteiger partial charge in [-0.2, -0.15) is 0 Å². The van der Waals surface area contributed by atoms with Crippen molar-refractivity contribution in [3.63, 3.8) is 0 Å². The third-order valence-electron chi connectivity index (χ3n) is 5.98. The predicted octanol–water partition coefficient (Wildman–Crippen LogP) is 5.04. The molecule has 36 heavy (non-hydrogen) atoms. The summed E-state index contributed by atoms with van der Waals surface area (Å²) in [7, 11) is 7.83. The predicted molar refractivity (Wildman–Crippen MR) is 143 cm³/mol. The molecule has 0 amide bonds. The molecule has 0 aromatic heterocycles. The maximum atomic E-state index is 12.5. The zero-order chi connectivity index (χ0) is 25.8. The van der Waals surface area contributed by atoms with E-state index in [0.717, 1.165) is 43.9 Å². The Morgan fingerprint density at radius 3 is 1.97 bits per heavy atom. The minimum Gasteiger partial charge on any atom is -0.493 e. The molecule has 8 nitrogen and oxygen atoms in total. The number of hydrogen-bond donors (Lipinski definition) is 0. The monoisotopic (exact) mass is 525 g/mol. The summed E-state index contributed by atoms with van der Waals surface area (Å²) in [5, 5.41) is 0. The van der Waals surface area contributed by atoms with Gasteiger partial charge in [-0.15, -0.1) is 12.4 Å². The molecule has 1 atom stereocenters. The minimum atomic E-state index is -0.418. The van der Waals surface area contributed by atoms with Gasteiger partial charge in [0.1, 0.15) is 0 Å². The van der Waals surface area contributed by atoms with Gasteiger partial charge in [-0.25, -0.2) is 4.79 Å². The van der Waals surface area contributed by atoms with Crippen LogP contribution in [-0.2, 0) is 11.2 Å². The first-order valence-corrected chi connectivity index (χ1v) is 11.8. The summed E-state index contributed by atoms with van der Waals surface area (Å²) in [5.41, 5.74) is 1.56. The van der Waals surface area contributed by atoms with Gasteiger partial charge in [-0.1, -0.05) is 13.0 Å². The summed E-state index contributed by atoms with van der Waals surface area (Å²) in [6, 6.07) is 9.61. The smallest absolute Gasteiger partial charge is 0.338 e. The summed E-state index contributed by atoms with van der Waals surface area (Å²) in [4.78, 5) is 15.0. The summed E-state index contributed by atoms with van der Waals surface area (Å²) in [6.07, 6.45) is 2.60. The summed E-state index contributed by atoms with van der Waals surface area (Å²) >= 11 is 0. The van der Waals surface area contributed by atoms with Crippen molar-refractivity contribution in [2.24, 2.45) is 0 Å². The molecule has 0 bridgehead atoms. The largest absolute Gasteiger partial charge is 0.493 e. The van der Waals surface area contributed by atoms with Crippen molar-refractivity contribution in [2.75, 3.05) is 55.2 Å². The lowest BCUT2D eigenvalue weighted by atomic mass is 10.0. The molecule has 202 valence electrons. The first-order valence-electron chi connectivity index (χ1n) is 11.8. The average molecular weight is 526 g/mol. The Kier molecular flexibility index (Phi) is 13.9. The van der Waals surface area contributed by atoms with Crippen molar-refractivity contribution in [3.05, 3.63) is 41.5 Å². The summed E-state index contributed by atoms with van der Waals surface area (Å²) in [5.74, 6) is 2.33. The molecule has 0 N–H and O–H groups in total. The highest BCUT2D eigenvalue weighted by molar-refractivity contribution is 5.91. The van der Waals surface area contributed by atoms with Crippen LogP contribution in [0.4, 0.5) is 0 Å². The topological polar surface area (TPSA) is 75.7 Å². The van der Waals surface area contributed by atoms with E-state index in [4.69, 9.17) is 28.4 Å². The van der Waals surface area contributed by atoms with E-state index in [1.165, 1.54) is 26.9 Å². The molecule has 0 aliphatic heterocycles. The summed E-state index contributed by atoms with van der Waals surface area (Å²) < 4.78 is 32.2. The lowest BCUT2D eigenvalue weighted by Gasteiger charge is -2.28. The van der Waals surface area contributed by atoms with Crippen molar-refractivity contribution in [2.45, 2.75) is 39.2 Å². The zero-order valence-electron chi connectivity index (χ0n) is 22.4. The number of esters is 1. The number of benzene rings is 2. The van der Waals surface area contributed by atoms with Gasteiger partial charge in [0, 0.05) is 6.04 Å². The van der Waals surface area contributed by atoms with Crippen molar-refractivity contribution < 1.29 is 33.2 Å². The lowest BCUT2D eigenvalue weighted by molar-refractivity contribution is 0.0492. The first kappa shape index (κ1) is 31.2. The molecular weight excluding hydrogens is 486 g/mol. The third kappa shape index (κ3) is 8.38. The Morgan fingerprint density at radius 2 is 1.44 bits per heavy atom. The molecule has 9 heteroatoms. The van der Waals surface area contributed by atoms with E-state index in [-0.39, 0.29) is 12.4 Å². The van der Waals surface area contributed by atoms with E-state index in [1.54, 1.807) is 26.4 Å². The molecule has 0 fully saturated rings. The van der Waals surface area contributed by atoms with E-state index in [2.05, 4.69) is 24.8 Å². The van der Waals surface area contributed by atoms with Crippen molar-refractivity contribution in [1.82, 2.24) is 4.90 Å². The van der Waals surface area contributed by atoms with Crippen LogP contribution >= 0.6 is 12.4 Å². The van der Waals surface area contributed by atoms with Crippen molar-refractivity contribution in [1.29, 1.82) is 0 Å². The Bertz CT molecular complexity index is 929. The molecule has 2 aromatic carbocycles. The number of hydrogen-bond acceptors (Lipinski definition) is 8. The van der Waals surface area contributed by atoms with Crippen molar-refractivity contribution >= 4 is 18.4 Å². The first-order chi connectivity index (χ1) is 16.9.